The van der Waals surface area contributed by atoms with Crippen molar-refractivity contribution < 1.29 is 14.3 Å². The Morgan fingerprint density at radius 2 is 1.93 bits per heavy atom. The molecule has 1 aliphatic rings. The van der Waals surface area contributed by atoms with Crippen LogP contribution in [-0.4, -0.2) is 38.8 Å². The zero-order chi connectivity index (χ0) is 19.6. The average Bonchev–Trinajstić information content (AvgIpc) is 2.89. The molecular weight excluding hydrogens is 344 g/mol. The highest BCUT2D eigenvalue weighted by molar-refractivity contribution is 5.92. The van der Waals surface area contributed by atoms with Crippen LogP contribution >= 0.6 is 0 Å². The molecule has 1 aromatic carbocycles. The Kier molecular flexibility index (Phi) is 5.21. The van der Waals surface area contributed by atoms with Gasteiger partial charge >= 0.3 is 6.09 Å². The van der Waals surface area contributed by atoms with Crippen LogP contribution in [0.3, 0.4) is 0 Å². The lowest BCUT2D eigenvalue weighted by molar-refractivity contribution is -0.115. The van der Waals surface area contributed by atoms with Gasteiger partial charge in [-0.3, -0.25) is 9.48 Å². The maximum Gasteiger partial charge on any atom is 0.410 e. The average molecular weight is 370 g/mol. The van der Waals surface area contributed by atoms with E-state index in [-0.39, 0.29) is 18.4 Å². The van der Waals surface area contributed by atoms with Gasteiger partial charge in [-0.15, -0.1) is 0 Å². The largest absolute Gasteiger partial charge is 0.444 e. The van der Waals surface area contributed by atoms with Crippen molar-refractivity contribution >= 4 is 17.8 Å². The Bertz CT molecular complexity index is 837. The third-order valence-corrected chi connectivity index (χ3v) is 4.31. The summed E-state index contributed by atoms with van der Waals surface area (Å²) in [6.07, 6.45) is 0.576. The zero-order valence-corrected chi connectivity index (χ0v) is 16.3. The van der Waals surface area contributed by atoms with Gasteiger partial charge in [0.1, 0.15) is 11.4 Å². The van der Waals surface area contributed by atoms with Gasteiger partial charge < -0.3 is 15.0 Å². The number of carbonyl (C=O) groups is 2. The molecule has 0 unspecified atom stereocenters. The van der Waals surface area contributed by atoms with Gasteiger partial charge in [-0.05, 0) is 26.3 Å². The lowest BCUT2D eigenvalue weighted by Gasteiger charge is -2.29. The van der Waals surface area contributed by atoms with Gasteiger partial charge in [0.05, 0.1) is 18.7 Å². The van der Waals surface area contributed by atoms with E-state index in [4.69, 9.17) is 4.74 Å². The summed E-state index contributed by atoms with van der Waals surface area (Å²) in [4.78, 5) is 26.5. The second-order valence-corrected chi connectivity index (χ2v) is 7.76. The van der Waals surface area contributed by atoms with E-state index < -0.39 is 5.60 Å². The molecule has 0 saturated heterocycles. The third kappa shape index (κ3) is 4.67. The van der Waals surface area contributed by atoms with Gasteiger partial charge in [0, 0.05) is 25.6 Å². The molecule has 27 heavy (non-hydrogen) atoms. The van der Waals surface area contributed by atoms with E-state index in [9.17, 15) is 9.59 Å². The van der Waals surface area contributed by atoms with E-state index >= 15 is 0 Å². The van der Waals surface area contributed by atoms with Crippen LogP contribution in [0, 0.1) is 0 Å². The van der Waals surface area contributed by atoms with E-state index in [1.54, 1.807) is 16.6 Å². The van der Waals surface area contributed by atoms with E-state index in [1.165, 1.54) is 0 Å². The molecule has 0 spiro atoms. The normalized spacial score (nSPS) is 13.9. The summed E-state index contributed by atoms with van der Waals surface area (Å²) < 4.78 is 7.14. The number of anilines is 1. The van der Waals surface area contributed by atoms with Crippen molar-refractivity contribution in [1.29, 1.82) is 0 Å². The quantitative estimate of drug-likeness (QED) is 0.901. The molecular formula is C20H26N4O3. The summed E-state index contributed by atoms with van der Waals surface area (Å²) >= 11 is 0. The molecule has 0 aliphatic carbocycles. The molecule has 3 rings (SSSR count). The topological polar surface area (TPSA) is 76.5 Å². The standard InChI is InChI=1S/C20H26N4O3/c1-20(2,3)27-19(26)24-11-10-16-15(13-24)18(23(4)22-16)21-17(25)12-14-8-6-5-7-9-14/h5-9H,10-13H2,1-4H3,(H,21,25). The second kappa shape index (κ2) is 7.42. The van der Waals surface area contributed by atoms with Gasteiger partial charge in [0.15, 0.2) is 0 Å². The number of ether oxygens (including phenoxy) is 1. The molecule has 0 radical (unpaired) electrons. The van der Waals surface area contributed by atoms with Crippen molar-refractivity contribution in [2.24, 2.45) is 7.05 Å². The van der Waals surface area contributed by atoms with Crippen LogP contribution in [-0.2, 0) is 36.0 Å². The maximum atomic E-state index is 12.5. The molecule has 2 heterocycles. The summed E-state index contributed by atoms with van der Waals surface area (Å²) in [5, 5.41) is 7.46. The molecule has 2 amide bonds. The number of nitrogens with zero attached hydrogens (tertiary/aromatic N) is 3. The van der Waals surface area contributed by atoms with Crippen molar-refractivity contribution in [3.05, 3.63) is 47.2 Å². The van der Waals surface area contributed by atoms with Crippen LogP contribution < -0.4 is 5.32 Å². The minimum atomic E-state index is -0.543. The van der Waals surface area contributed by atoms with Gasteiger partial charge in [-0.2, -0.15) is 5.10 Å². The Morgan fingerprint density at radius 1 is 1.22 bits per heavy atom. The van der Waals surface area contributed by atoms with E-state index in [0.717, 1.165) is 16.8 Å². The minimum Gasteiger partial charge on any atom is -0.444 e. The van der Waals surface area contributed by atoms with Gasteiger partial charge in [0.2, 0.25) is 5.91 Å². The number of hydrogen-bond acceptors (Lipinski definition) is 4. The number of aromatic nitrogens is 2. The molecule has 7 heteroatoms. The molecule has 1 aromatic heterocycles. The van der Waals surface area contributed by atoms with Crippen molar-refractivity contribution in [2.45, 2.75) is 45.8 Å². The van der Waals surface area contributed by atoms with Gasteiger partial charge in [-0.25, -0.2) is 4.79 Å². The first-order valence-corrected chi connectivity index (χ1v) is 9.09. The number of amides is 2. The molecule has 144 valence electrons. The fourth-order valence-corrected chi connectivity index (χ4v) is 3.10. The lowest BCUT2D eigenvalue weighted by Crippen LogP contribution is -2.40. The lowest BCUT2D eigenvalue weighted by atomic mass is 10.1. The van der Waals surface area contributed by atoms with Crippen molar-refractivity contribution in [2.75, 3.05) is 11.9 Å². The highest BCUT2D eigenvalue weighted by Crippen LogP contribution is 2.27. The molecule has 2 aromatic rings. The highest BCUT2D eigenvalue weighted by atomic mass is 16.6. The number of aryl methyl sites for hydroxylation is 1. The van der Waals surface area contributed by atoms with Crippen LogP contribution in [0.5, 0.6) is 0 Å². The first kappa shape index (κ1) is 18.9. The third-order valence-electron chi connectivity index (χ3n) is 4.31. The Balaban J connectivity index is 1.73. The van der Waals surface area contributed by atoms with Crippen molar-refractivity contribution in [3.63, 3.8) is 0 Å². The molecule has 1 aliphatic heterocycles. The summed E-state index contributed by atoms with van der Waals surface area (Å²) in [5.74, 6) is 0.528. The monoisotopic (exact) mass is 370 g/mol. The summed E-state index contributed by atoms with van der Waals surface area (Å²) in [5.41, 5.74) is 2.18. The van der Waals surface area contributed by atoms with Crippen molar-refractivity contribution in [1.82, 2.24) is 14.7 Å². The van der Waals surface area contributed by atoms with Gasteiger partial charge in [0.25, 0.3) is 0 Å². The number of carbonyl (C=O) groups excluding carboxylic acids is 2. The molecule has 7 nitrogen and oxygen atoms in total. The van der Waals surface area contributed by atoms with E-state index in [1.807, 2.05) is 51.1 Å². The zero-order valence-electron chi connectivity index (χ0n) is 16.3. The molecule has 0 bridgehead atoms. The van der Waals surface area contributed by atoms with Crippen LogP contribution in [0.25, 0.3) is 0 Å². The maximum absolute atomic E-state index is 12.5. The fraction of sp³-hybridized carbons (Fsp3) is 0.450. The van der Waals surface area contributed by atoms with Crippen LogP contribution in [0.2, 0.25) is 0 Å². The van der Waals surface area contributed by atoms with Crippen LogP contribution in [0.15, 0.2) is 30.3 Å². The molecule has 1 N–H and O–H groups in total. The van der Waals surface area contributed by atoms with E-state index in [0.29, 0.717) is 25.3 Å². The summed E-state index contributed by atoms with van der Waals surface area (Å²) in [7, 11) is 1.80. The molecule has 0 atom stereocenters. The number of fused-ring (bicyclic) bond motifs is 1. The van der Waals surface area contributed by atoms with Crippen LogP contribution in [0.4, 0.5) is 10.6 Å². The SMILES string of the molecule is Cn1nc2c(c1NC(=O)Cc1ccccc1)CN(C(=O)OC(C)(C)C)CC2. The highest BCUT2D eigenvalue weighted by Gasteiger charge is 2.30. The van der Waals surface area contributed by atoms with Gasteiger partial charge in [-0.1, -0.05) is 30.3 Å². The number of benzene rings is 1. The Labute approximate surface area is 159 Å². The number of rotatable bonds is 3. The number of nitrogens with one attached hydrogen (secondary N) is 1. The summed E-state index contributed by atoms with van der Waals surface area (Å²) in [6, 6.07) is 9.58. The number of hydrogen-bond donors (Lipinski definition) is 1. The molecule has 0 fully saturated rings. The fourth-order valence-electron chi connectivity index (χ4n) is 3.10. The Hall–Kier alpha value is -2.83. The van der Waals surface area contributed by atoms with E-state index in [2.05, 4.69) is 10.4 Å². The first-order chi connectivity index (χ1) is 12.7. The Morgan fingerprint density at radius 3 is 2.59 bits per heavy atom. The van der Waals surface area contributed by atoms with Crippen LogP contribution in [0.1, 0.15) is 37.6 Å². The second-order valence-electron chi connectivity index (χ2n) is 7.76. The minimum absolute atomic E-state index is 0.110. The first-order valence-electron chi connectivity index (χ1n) is 9.09. The smallest absolute Gasteiger partial charge is 0.410 e. The molecule has 0 saturated carbocycles. The summed E-state index contributed by atoms with van der Waals surface area (Å²) in [6.45, 7) is 6.47. The van der Waals surface area contributed by atoms with Crippen molar-refractivity contribution in [3.8, 4) is 0 Å². The predicted molar refractivity (Wildman–Crippen MR) is 102 cm³/mol. The predicted octanol–water partition coefficient (Wildman–Crippen LogP) is 2.89.